The fourth-order valence-corrected chi connectivity index (χ4v) is 3.65. The fourth-order valence-electron chi connectivity index (χ4n) is 3.46. The summed E-state index contributed by atoms with van der Waals surface area (Å²) in [7, 11) is 0. The SMILES string of the molecule is Nc1nc(N2CCCC2)nc2c1[C@@H](C(=O)Nc1cccc(Cl)c1)CC(=O)N2. The first-order chi connectivity index (χ1) is 13.0. The van der Waals surface area contributed by atoms with Crippen molar-refractivity contribution in [1.29, 1.82) is 0 Å². The van der Waals surface area contributed by atoms with Crippen molar-refractivity contribution < 1.29 is 9.59 Å². The number of amides is 2. The summed E-state index contributed by atoms with van der Waals surface area (Å²) in [6, 6.07) is 6.81. The molecular weight excluding hydrogens is 368 g/mol. The highest BCUT2D eigenvalue weighted by Crippen LogP contribution is 2.37. The first-order valence-corrected chi connectivity index (χ1v) is 9.17. The summed E-state index contributed by atoms with van der Waals surface area (Å²) in [4.78, 5) is 35.9. The summed E-state index contributed by atoms with van der Waals surface area (Å²) in [5, 5.41) is 6.02. The molecule has 0 aliphatic carbocycles. The third-order valence-electron chi connectivity index (χ3n) is 4.76. The van der Waals surface area contributed by atoms with E-state index in [0.717, 1.165) is 25.9 Å². The van der Waals surface area contributed by atoms with Crippen molar-refractivity contribution in [2.45, 2.75) is 25.2 Å². The zero-order valence-electron chi connectivity index (χ0n) is 14.5. The third-order valence-corrected chi connectivity index (χ3v) is 4.99. The highest BCUT2D eigenvalue weighted by Gasteiger charge is 2.35. The van der Waals surface area contributed by atoms with Crippen LogP contribution in [0.2, 0.25) is 5.02 Å². The molecule has 3 heterocycles. The van der Waals surface area contributed by atoms with Crippen LogP contribution in [-0.4, -0.2) is 34.9 Å². The molecule has 2 aliphatic heterocycles. The molecule has 1 fully saturated rings. The van der Waals surface area contributed by atoms with Crippen molar-refractivity contribution in [3.63, 3.8) is 0 Å². The van der Waals surface area contributed by atoms with E-state index in [9.17, 15) is 9.59 Å². The van der Waals surface area contributed by atoms with Crippen molar-refractivity contribution >= 4 is 46.7 Å². The molecule has 1 aromatic carbocycles. The van der Waals surface area contributed by atoms with E-state index in [1.165, 1.54) is 0 Å². The van der Waals surface area contributed by atoms with E-state index in [-0.39, 0.29) is 24.1 Å². The van der Waals surface area contributed by atoms with Gasteiger partial charge in [0.2, 0.25) is 17.8 Å². The molecule has 0 bridgehead atoms. The molecule has 9 heteroatoms. The zero-order valence-corrected chi connectivity index (χ0v) is 15.3. The van der Waals surface area contributed by atoms with Crippen LogP contribution in [0, 0.1) is 0 Å². The predicted octanol–water partition coefficient (Wildman–Crippen LogP) is 2.38. The number of aromatic nitrogens is 2. The molecule has 140 valence electrons. The van der Waals surface area contributed by atoms with Gasteiger partial charge >= 0.3 is 0 Å². The Kier molecular flexibility index (Phi) is 4.57. The van der Waals surface area contributed by atoms with E-state index >= 15 is 0 Å². The number of nitrogens with two attached hydrogens (primary N) is 1. The van der Waals surface area contributed by atoms with Crippen molar-refractivity contribution in [3.05, 3.63) is 34.9 Å². The van der Waals surface area contributed by atoms with Crippen LogP contribution in [0.5, 0.6) is 0 Å². The maximum Gasteiger partial charge on any atom is 0.232 e. The Labute approximate surface area is 161 Å². The second kappa shape index (κ2) is 7.03. The number of fused-ring (bicyclic) bond motifs is 1. The van der Waals surface area contributed by atoms with E-state index in [4.69, 9.17) is 17.3 Å². The minimum Gasteiger partial charge on any atom is -0.383 e. The summed E-state index contributed by atoms with van der Waals surface area (Å²) in [6.07, 6.45) is 2.12. The number of anilines is 4. The van der Waals surface area contributed by atoms with Gasteiger partial charge in [0.25, 0.3) is 0 Å². The quantitative estimate of drug-likeness (QED) is 0.746. The maximum atomic E-state index is 12.8. The van der Waals surface area contributed by atoms with Gasteiger partial charge in [-0.25, -0.2) is 0 Å². The van der Waals surface area contributed by atoms with E-state index in [1.54, 1.807) is 24.3 Å². The Morgan fingerprint density at radius 3 is 2.81 bits per heavy atom. The van der Waals surface area contributed by atoms with Crippen LogP contribution >= 0.6 is 11.6 Å². The van der Waals surface area contributed by atoms with Gasteiger partial charge in [-0.3, -0.25) is 9.59 Å². The molecule has 1 aromatic heterocycles. The second-order valence-corrected chi connectivity index (χ2v) is 7.11. The van der Waals surface area contributed by atoms with Crippen LogP contribution in [-0.2, 0) is 9.59 Å². The average Bonchev–Trinajstić information content (AvgIpc) is 3.15. The van der Waals surface area contributed by atoms with Crippen molar-refractivity contribution in [3.8, 4) is 0 Å². The van der Waals surface area contributed by atoms with Gasteiger partial charge in [0.15, 0.2) is 0 Å². The molecule has 0 saturated carbocycles. The summed E-state index contributed by atoms with van der Waals surface area (Å²) in [5.41, 5.74) is 7.18. The molecule has 4 rings (SSSR count). The summed E-state index contributed by atoms with van der Waals surface area (Å²) >= 11 is 5.96. The normalized spacial score (nSPS) is 18.8. The van der Waals surface area contributed by atoms with E-state index < -0.39 is 5.92 Å². The number of hydrogen-bond donors (Lipinski definition) is 3. The lowest BCUT2D eigenvalue weighted by atomic mass is 9.92. The number of nitrogens with zero attached hydrogens (tertiary/aromatic N) is 3. The second-order valence-electron chi connectivity index (χ2n) is 6.67. The number of benzene rings is 1. The highest BCUT2D eigenvalue weighted by atomic mass is 35.5. The van der Waals surface area contributed by atoms with Gasteiger partial charge in [-0.1, -0.05) is 17.7 Å². The van der Waals surface area contributed by atoms with Gasteiger partial charge in [0.05, 0.1) is 11.5 Å². The van der Waals surface area contributed by atoms with Gasteiger partial charge in [-0.05, 0) is 31.0 Å². The molecule has 1 atom stereocenters. The molecule has 0 spiro atoms. The van der Waals surface area contributed by atoms with Crippen LogP contribution in [0.15, 0.2) is 24.3 Å². The lowest BCUT2D eigenvalue weighted by Gasteiger charge is -2.26. The Morgan fingerprint density at radius 1 is 1.30 bits per heavy atom. The molecule has 2 aliphatic rings. The molecule has 1 saturated heterocycles. The highest BCUT2D eigenvalue weighted by molar-refractivity contribution is 6.30. The van der Waals surface area contributed by atoms with Crippen LogP contribution in [0.1, 0.15) is 30.7 Å². The lowest BCUT2D eigenvalue weighted by Crippen LogP contribution is -2.33. The molecular formula is C18H19ClN6O2. The predicted molar refractivity (Wildman–Crippen MR) is 104 cm³/mol. The van der Waals surface area contributed by atoms with Crippen LogP contribution in [0.3, 0.4) is 0 Å². The number of carbonyl (C=O) groups is 2. The van der Waals surface area contributed by atoms with Gasteiger partial charge in [-0.2, -0.15) is 9.97 Å². The molecule has 2 aromatic rings. The molecule has 0 radical (unpaired) electrons. The Bertz CT molecular complexity index is 913. The number of nitrogen functional groups attached to an aromatic ring is 1. The lowest BCUT2D eigenvalue weighted by molar-refractivity contribution is -0.123. The van der Waals surface area contributed by atoms with Crippen molar-refractivity contribution in [1.82, 2.24) is 9.97 Å². The Hall–Kier alpha value is -2.87. The molecule has 27 heavy (non-hydrogen) atoms. The minimum absolute atomic E-state index is 0.0178. The topological polar surface area (TPSA) is 113 Å². The third kappa shape index (κ3) is 3.52. The monoisotopic (exact) mass is 386 g/mol. The largest absolute Gasteiger partial charge is 0.383 e. The minimum atomic E-state index is -0.764. The van der Waals surface area contributed by atoms with E-state index in [0.29, 0.717) is 28.0 Å². The summed E-state index contributed by atoms with van der Waals surface area (Å²) < 4.78 is 0. The number of nitrogens with one attached hydrogen (secondary N) is 2. The van der Waals surface area contributed by atoms with Crippen LogP contribution in [0.4, 0.5) is 23.3 Å². The molecule has 2 amide bonds. The van der Waals surface area contributed by atoms with Gasteiger partial charge in [0, 0.05) is 30.2 Å². The van der Waals surface area contributed by atoms with Crippen LogP contribution in [0.25, 0.3) is 0 Å². The van der Waals surface area contributed by atoms with Crippen molar-refractivity contribution in [2.75, 3.05) is 34.4 Å². The Morgan fingerprint density at radius 2 is 2.07 bits per heavy atom. The van der Waals surface area contributed by atoms with Gasteiger partial charge in [0.1, 0.15) is 11.6 Å². The maximum absolute atomic E-state index is 12.8. The molecule has 0 unspecified atom stereocenters. The zero-order chi connectivity index (χ0) is 19.0. The number of rotatable bonds is 3. The smallest absolute Gasteiger partial charge is 0.232 e. The van der Waals surface area contributed by atoms with Gasteiger partial charge in [-0.15, -0.1) is 0 Å². The summed E-state index contributed by atoms with van der Waals surface area (Å²) in [5.74, 6) is -0.378. The first-order valence-electron chi connectivity index (χ1n) is 8.80. The van der Waals surface area contributed by atoms with Crippen LogP contribution < -0.4 is 21.3 Å². The fraction of sp³-hybridized carbons (Fsp3) is 0.333. The summed E-state index contributed by atoms with van der Waals surface area (Å²) in [6.45, 7) is 1.70. The van der Waals surface area contributed by atoms with E-state index in [1.807, 2.05) is 4.90 Å². The first kappa shape index (κ1) is 17.5. The molecule has 8 nitrogen and oxygen atoms in total. The number of halogens is 1. The average molecular weight is 387 g/mol. The van der Waals surface area contributed by atoms with Gasteiger partial charge < -0.3 is 21.3 Å². The van der Waals surface area contributed by atoms with E-state index in [2.05, 4.69) is 20.6 Å². The molecule has 4 N–H and O–H groups in total. The van der Waals surface area contributed by atoms with Crippen molar-refractivity contribution in [2.24, 2.45) is 0 Å². The standard InChI is InChI=1S/C18H19ClN6O2/c19-10-4-3-5-11(8-10)21-17(27)12-9-13(26)22-16-14(12)15(20)23-18(24-16)25-6-1-2-7-25/h3-5,8,12H,1-2,6-7,9H2,(H,21,27)(H3,20,22,23,24,26)/t12-/m0/s1. The Balaban J connectivity index is 1.65. The number of hydrogen-bond acceptors (Lipinski definition) is 6. The number of carbonyl (C=O) groups excluding carboxylic acids is 2.